The molecule has 2 aromatic heterocycles. The average molecular weight is 233 g/mol. The lowest BCUT2D eigenvalue weighted by Crippen LogP contribution is -2.04. The number of nitrogens with zero attached hydrogens (tertiary/aromatic N) is 2. The topological polar surface area (TPSA) is 43.0 Å². The van der Waals surface area contributed by atoms with E-state index in [4.69, 9.17) is 4.42 Å². The minimum atomic E-state index is 0.747. The van der Waals surface area contributed by atoms with Crippen LogP contribution in [0.1, 0.15) is 28.5 Å². The van der Waals surface area contributed by atoms with E-state index in [1.54, 1.807) is 0 Å². The summed E-state index contributed by atoms with van der Waals surface area (Å²) in [7, 11) is 1.92. The van der Waals surface area contributed by atoms with E-state index in [0.717, 1.165) is 30.3 Å². The van der Waals surface area contributed by atoms with Crippen LogP contribution in [0.2, 0.25) is 0 Å². The third kappa shape index (κ3) is 2.42. The highest BCUT2D eigenvalue weighted by atomic mass is 16.3. The lowest BCUT2D eigenvalue weighted by atomic mass is 10.2. The number of aromatic nitrogens is 2. The first-order valence-electron chi connectivity index (χ1n) is 5.83. The van der Waals surface area contributed by atoms with Crippen LogP contribution in [-0.2, 0) is 13.1 Å². The molecule has 17 heavy (non-hydrogen) atoms. The zero-order chi connectivity index (χ0) is 12.4. The maximum absolute atomic E-state index is 5.81. The maximum atomic E-state index is 5.81. The van der Waals surface area contributed by atoms with Crippen LogP contribution in [0.15, 0.2) is 16.8 Å². The Morgan fingerprint density at radius 2 is 2.12 bits per heavy atom. The Labute approximate surface area is 102 Å². The normalized spacial score (nSPS) is 11.1. The van der Waals surface area contributed by atoms with Gasteiger partial charge in [0.25, 0.3) is 0 Å². The number of furan rings is 1. The average Bonchev–Trinajstić information content (AvgIpc) is 2.78. The van der Waals surface area contributed by atoms with Gasteiger partial charge in [0.15, 0.2) is 0 Å². The van der Waals surface area contributed by atoms with Crippen LogP contribution in [0.25, 0.3) is 0 Å². The first-order chi connectivity index (χ1) is 8.11. The monoisotopic (exact) mass is 233 g/mol. The summed E-state index contributed by atoms with van der Waals surface area (Å²) in [4.78, 5) is 4.29. The predicted octanol–water partition coefficient (Wildman–Crippen LogP) is 2.17. The molecule has 1 N–H and O–H groups in total. The van der Waals surface area contributed by atoms with Crippen molar-refractivity contribution in [1.82, 2.24) is 14.9 Å². The summed E-state index contributed by atoms with van der Waals surface area (Å²) in [6.45, 7) is 7.69. The molecule has 2 rings (SSSR count). The van der Waals surface area contributed by atoms with Gasteiger partial charge in [0, 0.05) is 5.69 Å². The van der Waals surface area contributed by atoms with Crippen molar-refractivity contribution in [3.05, 3.63) is 40.9 Å². The fourth-order valence-corrected chi connectivity index (χ4v) is 1.88. The number of hydrogen-bond acceptors (Lipinski definition) is 3. The van der Waals surface area contributed by atoms with Crippen LogP contribution in [0.3, 0.4) is 0 Å². The van der Waals surface area contributed by atoms with E-state index in [1.165, 1.54) is 11.3 Å². The second kappa shape index (κ2) is 4.75. The Bertz CT molecular complexity index is 511. The number of rotatable bonds is 4. The molecule has 92 valence electrons. The van der Waals surface area contributed by atoms with Gasteiger partial charge in [0.05, 0.1) is 25.1 Å². The molecule has 0 bridgehead atoms. The van der Waals surface area contributed by atoms with Crippen LogP contribution < -0.4 is 5.32 Å². The van der Waals surface area contributed by atoms with E-state index in [0.29, 0.717) is 0 Å². The summed E-state index contributed by atoms with van der Waals surface area (Å²) >= 11 is 0. The van der Waals surface area contributed by atoms with Crippen molar-refractivity contribution in [2.24, 2.45) is 0 Å². The molecule has 0 aromatic carbocycles. The molecule has 0 saturated heterocycles. The highest BCUT2D eigenvalue weighted by molar-refractivity contribution is 5.21. The van der Waals surface area contributed by atoms with E-state index in [-0.39, 0.29) is 0 Å². The van der Waals surface area contributed by atoms with E-state index >= 15 is 0 Å². The number of nitrogens with one attached hydrogen (secondary N) is 1. The summed E-state index contributed by atoms with van der Waals surface area (Å²) in [6, 6.07) is 2.10. The SMILES string of the molecule is CNCc1oc(Cn2cnc(C)c2C)cc1C. The number of imidazole rings is 1. The summed E-state index contributed by atoms with van der Waals surface area (Å²) in [5, 5.41) is 3.10. The summed E-state index contributed by atoms with van der Waals surface area (Å²) in [6.07, 6.45) is 1.86. The molecule has 0 aliphatic rings. The lowest BCUT2D eigenvalue weighted by Gasteiger charge is -2.02. The molecule has 2 heterocycles. The molecule has 0 atom stereocenters. The van der Waals surface area contributed by atoms with Gasteiger partial charge < -0.3 is 14.3 Å². The van der Waals surface area contributed by atoms with Crippen molar-refractivity contribution < 1.29 is 4.42 Å². The predicted molar refractivity (Wildman–Crippen MR) is 67.0 cm³/mol. The first kappa shape index (κ1) is 11.9. The highest BCUT2D eigenvalue weighted by Crippen LogP contribution is 2.16. The van der Waals surface area contributed by atoms with E-state index in [9.17, 15) is 0 Å². The van der Waals surface area contributed by atoms with Crippen molar-refractivity contribution in [2.75, 3.05) is 7.05 Å². The van der Waals surface area contributed by atoms with Crippen LogP contribution in [-0.4, -0.2) is 16.6 Å². The van der Waals surface area contributed by atoms with E-state index in [2.05, 4.69) is 34.8 Å². The van der Waals surface area contributed by atoms with Gasteiger partial charge in [-0.15, -0.1) is 0 Å². The largest absolute Gasteiger partial charge is 0.463 e. The minimum absolute atomic E-state index is 0.747. The standard InChI is InChI=1S/C13H19N3O/c1-9-5-12(17-13(9)6-14-4)7-16-8-15-10(2)11(16)3/h5,8,14H,6-7H2,1-4H3. The fraction of sp³-hybridized carbons (Fsp3) is 0.462. The van der Waals surface area contributed by atoms with Crippen molar-refractivity contribution >= 4 is 0 Å². The van der Waals surface area contributed by atoms with Crippen molar-refractivity contribution in [1.29, 1.82) is 0 Å². The summed E-state index contributed by atoms with van der Waals surface area (Å²) in [5.41, 5.74) is 3.46. The Morgan fingerprint density at radius 1 is 1.35 bits per heavy atom. The van der Waals surface area contributed by atoms with Gasteiger partial charge in [-0.05, 0) is 39.4 Å². The smallest absolute Gasteiger partial charge is 0.124 e. The first-order valence-corrected chi connectivity index (χ1v) is 5.83. The van der Waals surface area contributed by atoms with Crippen molar-refractivity contribution in [3.63, 3.8) is 0 Å². The molecule has 4 heteroatoms. The maximum Gasteiger partial charge on any atom is 0.124 e. The molecule has 0 radical (unpaired) electrons. The zero-order valence-corrected chi connectivity index (χ0v) is 10.9. The molecule has 4 nitrogen and oxygen atoms in total. The molecule has 0 amide bonds. The third-order valence-electron chi connectivity index (χ3n) is 3.08. The summed E-state index contributed by atoms with van der Waals surface area (Å²) in [5.74, 6) is 1.99. The van der Waals surface area contributed by atoms with Crippen molar-refractivity contribution in [2.45, 2.75) is 33.9 Å². The molecular weight excluding hydrogens is 214 g/mol. The Kier molecular flexibility index (Phi) is 3.33. The molecule has 0 fully saturated rings. The quantitative estimate of drug-likeness (QED) is 0.880. The summed E-state index contributed by atoms with van der Waals surface area (Å²) < 4.78 is 7.92. The molecule has 2 aromatic rings. The number of aryl methyl sites for hydroxylation is 2. The second-order valence-corrected chi connectivity index (χ2v) is 4.39. The Hall–Kier alpha value is -1.55. The molecular formula is C13H19N3O. The van der Waals surface area contributed by atoms with Crippen LogP contribution >= 0.6 is 0 Å². The van der Waals surface area contributed by atoms with Crippen LogP contribution in [0.5, 0.6) is 0 Å². The molecule has 0 spiro atoms. The third-order valence-corrected chi connectivity index (χ3v) is 3.08. The fourth-order valence-electron chi connectivity index (χ4n) is 1.88. The van der Waals surface area contributed by atoms with E-state index in [1.807, 2.05) is 20.3 Å². The zero-order valence-electron chi connectivity index (χ0n) is 10.9. The van der Waals surface area contributed by atoms with Gasteiger partial charge in [-0.2, -0.15) is 0 Å². The van der Waals surface area contributed by atoms with Gasteiger partial charge in [0.2, 0.25) is 0 Å². The van der Waals surface area contributed by atoms with Crippen LogP contribution in [0.4, 0.5) is 0 Å². The Balaban J connectivity index is 2.19. The van der Waals surface area contributed by atoms with Gasteiger partial charge in [-0.3, -0.25) is 0 Å². The molecule has 0 aliphatic carbocycles. The molecule has 0 saturated carbocycles. The van der Waals surface area contributed by atoms with Crippen molar-refractivity contribution in [3.8, 4) is 0 Å². The molecule has 0 unspecified atom stereocenters. The van der Waals surface area contributed by atoms with Gasteiger partial charge in [-0.1, -0.05) is 0 Å². The second-order valence-electron chi connectivity index (χ2n) is 4.39. The highest BCUT2D eigenvalue weighted by Gasteiger charge is 2.09. The van der Waals surface area contributed by atoms with E-state index < -0.39 is 0 Å². The van der Waals surface area contributed by atoms with Gasteiger partial charge in [0.1, 0.15) is 11.5 Å². The van der Waals surface area contributed by atoms with Crippen LogP contribution in [0, 0.1) is 20.8 Å². The minimum Gasteiger partial charge on any atom is -0.463 e. The Morgan fingerprint density at radius 3 is 2.71 bits per heavy atom. The lowest BCUT2D eigenvalue weighted by molar-refractivity contribution is 0.441. The number of hydrogen-bond donors (Lipinski definition) is 1. The van der Waals surface area contributed by atoms with Gasteiger partial charge in [-0.25, -0.2) is 4.98 Å². The molecule has 0 aliphatic heterocycles. The van der Waals surface area contributed by atoms with Gasteiger partial charge >= 0.3 is 0 Å².